The molecule has 0 amide bonds. The molecule has 0 saturated heterocycles. The van der Waals surface area contributed by atoms with Crippen LogP contribution in [0.15, 0.2) is 0 Å². The molecule has 0 spiro atoms. The summed E-state index contributed by atoms with van der Waals surface area (Å²) < 4.78 is 93.6. The summed E-state index contributed by atoms with van der Waals surface area (Å²) in [5.74, 6) is -16.3. The first-order valence-corrected chi connectivity index (χ1v) is 8.37. The molecule has 0 rings (SSSR count). The van der Waals surface area contributed by atoms with Crippen LogP contribution < -0.4 is 0 Å². The Kier molecular flexibility index (Phi) is 7.90. The molecule has 0 bridgehead atoms. The van der Waals surface area contributed by atoms with Crippen LogP contribution in [0.25, 0.3) is 0 Å². The number of hydrogen-bond donors (Lipinski definition) is 1. The quantitative estimate of drug-likeness (QED) is 0.437. The molecule has 1 N–H and O–H groups in total. The maximum atomic E-state index is 13.1. The van der Waals surface area contributed by atoms with Crippen molar-refractivity contribution in [3.05, 3.63) is 0 Å². The Morgan fingerprint density at radius 3 is 1.24 bits per heavy atom. The van der Waals surface area contributed by atoms with Gasteiger partial charge in [0.15, 0.2) is 0 Å². The Bertz CT molecular complexity index is 330. The van der Waals surface area contributed by atoms with Gasteiger partial charge in [0.1, 0.15) is 0 Å². The second kappa shape index (κ2) is 7.41. The van der Waals surface area contributed by atoms with Crippen molar-refractivity contribution in [2.75, 3.05) is 0 Å². The van der Waals surface area contributed by atoms with Crippen molar-refractivity contribution in [2.24, 2.45) is 0 Å². The lowest BCUT2D eigenvalue weighted by Crippen LogP contribution is -2.56. The highest BCUT2D eigenvalue weighted by Gasteiger charge is 2.76. The first-order chi connectivity index (χ1) is 9.13. The summed E-state index contributed by atoms with van der Waals surface area (Å²) in [6, 6.07) is 2.38. The molecule has 0 aliphatic heterocycles. The second-order valence-electron chi connectivity index (χ2n) is 4.16. The average molecular weight is 348 g/mol. The maximum Gasteiger partial charge on any atom is 0.460 e. The van der Waals surface area contributed by atoms with E-state index in [2.05, 4.69) is 0 Å². The Hall–Kier alpha value is -0.873. The molecule has 0 atom stereocenters. The van der Waals surface area contributed by atoms with Gasteiger partial charge in [-0.2, -0.15) is 30.7 Å². The third-order valence-corrected chi connectivity index (χ3v) is 6.72. The van der Waals surface area contributed by atoms with Crippen LogP contribution in [0.5, 0.6) is 0 Å². The van der Waals surface area contributed by atoms with E-state index < -0.39 is 32.4 Å². The molecule has 0 aliphatic carbocycles. The van der Waals surface area contributed by atoms with Crippen LogP contribution in [-0.2, 0) is 4.79 Å². The molecule has 21 heavy (non-hydrogen) atoms. The van der Waals surface area contributed by atoms with E-state index in [0.29, 0.717) is 0 Å². The summed E-state index contributed by atoms with van der Waals surface area (Å²) in [5.41, 5.74) is 0. The van der Waals surface area contributed by atoms with Crippen molar-refractivity contribution < 1.29 is 44.7 Å². The van der Waals surface area contributed by atoms with Crippen LogP contribution in [0, 0.1) is 0 Å². The van der Waals surface area contributed by atoms with Crippen molar-refractivity contribution in [3.63, 3.8) is 0 Å². The number of aliphatic carboxylic acids is 1. The van der Waals surface area contributed by atoms with E-state index in [1.54, 1.807) is 0 Å². The van der Waals surface area contributed by atoms with Crippen LogP contribution in [0.1, 0.15) is 20.8 Å². The predicted molar refractivity (Wildman–Crippen MR) is 61.9 cm³/mol. The summed E-state index contributed by atoms with van der Waals surface area (Å²) in [6.45, 7) is 5.87. The number of carboxylic acids is 1. The average Bonchev–Trinajstić information content (AvgIpc) is 2.36. The third kappa shape index (κ3) is 5.44. The number of carboxylic acid groups (broad SMARTS) is 1. The monoisotopic (exact) mass is 348 g/mol. The number of halogens is 8. The molecule has 0 saturated carbocycles. The molecule has 0 aromatic carbocycles. The highest BCUT2D eigenvalue weighted by Crippen LogP contribution is 2.46. The first-order valence-electron chi connectivity index (χ1n) is 5.87. The predicted octanol–water partition coefficient (Wildman–Crippen LogP) is 4.87. The lowest BCUT2D eigenvalue weighted by atomic mass is 10.1. The first kappa shape index (κ1) is 22.4. The number of alkyl halides is 7. The SMILES string of the molecule is CC[Si](F)(CC)CC.O=C(O)C(F)(F)C(F)(F)C(F)(F)F. The van der Waals surface area contributed by atoms with E-state index >= 15 is 0 Å². The fourth-order valence-electron chi connectivity index (χ4n) is 1.06. The molecule has 0 unspecified atom stereocenters. The van der Waals surface area contributed by atoms with Gasteiger partial charge in [-0.05, 0) is 18.1 Å². The summed E-state index contributed by atoms with van der Waals surface area (Å²) in [7, 11) is -2.17. The topological polar surface area (TPSA) is 37.3 Å². The van der Waals surface area contributed by atoms with Gasteiger partial charge in [-0.25, -0.2) is 4.79 Å². The fraction of sp³-hybridized carbons (Fsp3) is 0.900. The van der Waals surface area contributed by atoms with Crippen LogP contribution in [0.4, 0.5) is 34.8 Å². The second-order valence-corrected chi connectivity index (χ2v) is 8.59. The maximum absolute atomic E-state index is 13.1. The van der Waals surface area contributed by atoms with Crippen molar-refractivity contribution in [3.8, 4) is 0 Å². The van der Waals surface area contributed by atoms with Gasteiger partial charge in [-0.15, -0.1) is 0 Å². The normalized spacial score (nSPS) is 13.5. The minimum Gasteiger partial charge on any atom is -0.477 e. The molecule has 0 aliphatic rings. The number of hydrogen-bond acceptors (Lipinski definition) is 1. The van der Waals surface area contributed by atoms with E-state index in [0.717, 1.165) is 18.1 Å². The van der Waals surface area contributed by atoms with Crippen molar-refractivity contribution in [1.29, 1.82) is 0 Å². The Morgan fingerprint density at radius 1 is 0.905 bits per heavy atom. The van der Waals surface area contributed by atoms with Crippen LogP contribution in [-0.4, -0.2) is 37.5 Å². The molecule has 0 heterocycles. The van der Waals surface area contributed by atoms with Crippen LogP contribution in [0.2, 0.25) is 18.1 Å². The van der Waals surface area contributed by atoms with Crippen molar-refractivity contribution in [2.45, 2.75) is 56.9 Å². The molecular formula is C10H16F8O2Si. The molecule has 11 heteroatoms. The lowest BCUT2D eigenvalue weighted by molar-refractivity contribution is -0.347. The summed E-state index contributed by atoms with van der Waals surface area (Å²) in [4.78, 5) is 9.38. The summed E-state index contributed by atoms with van der Waals surface area (Å²) >= 11 is 0. The molecule has 2 nitrogen and oxygen atoms in total. The molecule has 128 valence electrons. The van der Waals surface area contributed by atoms with Gasteiger partial charge >= 0.3 is 24.0 Å². The molecule has 0 aromatic heterocycles. The van der Waals surface area contributed by atoms with E-state index in [9.17, 15) is 39.6 Å². The summed E-state index contributed by atoms with van der Waals surface area (Å²) in [6.07, 6.45) is -6.60. The third-order valence-electron chi connectivity index (χ3n) is 2.92. The number of carbonyl (C=O) groups is 1. The minimum atomic E-state index is -6.60. The van der Waals surface area contributed by atoms with E-state index in [1.165, 1.54) is 0 Å². The van der Waals surface area contributed by atoms with Gasteiger partial charge in [0.25, 0.3) is 0 Å². The van der Waals surface area contributed by atoms with Crippen LogP contribution in [0.3, 0.4) is 0 Å². The Labute approximate surface area is 117 Å². The highest BCUT2D eigenvalue weighted by atomic mass is 28.4. The largest absolute Gasteiger partial charge is 0.477 e. The minimum absolute atomic E-state index is 0.792. The molecular weight excluding hydrogens is 332 g/mol. The smallest absolute Gasteiger partial charge is 0.460 e. The van der Waals surface area contributed by atoms with E-state index in [4.69, 9.17) is 5.11 Å². The standard InChI is InChI=1S/C6H15FSi.C4HF7O2/c1-4-8(7,5-2)6-3;5-2(6,1(12)13)3(7,8)4(9,10)11/h4-6H2,1-3H3;(H,12,13). The van der Waals surface area contributed by atoms with Gasteiger partial charge in [0.2, 0.25) is 8.41 Å². The van der Waals surface area contributed by atoms with Crippen molar-refractivity contribution >= 4 is 14.4 Å². The van der Waals surface area contributed by atoms with Crippen LogP contribution >= 0.6 is 0 Å². The van der Waals surface area contributed by atoms with Gasteiger partial charge < -0.3 is 9.21 Å². The van der Waals surface area contributed by atoms with Gasteiger partial charge in [0, 0.05) is 0 Å². The molecule has 0 aromatic rings. The van der Waals surface area contributed by atoms with Crippen molar-refractivity contribution in [1.82, 2.24) is 0 Å². The van der Waals surface area contributed by atoms with E-state index in [-0.39, 0.29) is 0 Å². The van der Waals surface area contributed by atoms with Gasteiger partial charge in [-0.1, -0.05) is 20.8 Å². The fourth-order valence-corrected chi connectivity index (χ4v) is 2.56. The Balaban J connectivity index is 0. The Morgan fingerprint density at radius 2 is 1.19 bits per heavy atom. The molecule has 0 radical (unpaired) electrons. The summed E-state index contributed by atoms with van der Waals surface area (Å²) in [5, 5.41) is 7.41. The number of rotatable bonds is 5. The lowest BCUT2D eigenvalue weighted by Gasteiger charge is -2.24. The molecule has 0 fully saturated rings. The zero-order valence-corrected chi connectivity index (χ0v) is 12.5. The zero-order valence-electron chi connectivity index (χ0n) is 11.5. The van der Waals surface area contributed by atoms with Gasteiger partial charge in [0.05, 0.1) is 0 Å². The highest BCUT2D eigenvalue weighted by molar-refractivity contribution is 6.72. The van der Waals surface area contributed by atoms with E-state index in [1.807, 2.05) is 20.8 Å². The van der Waals surface area contributed by atoms with Gasteiger partial charge in [-0.3, -0.25) is 0 Å². The zero-order chi connectivity index (χ0) is 17.7.